The number of fused-ring (bicyclic) bond motifs is 1. The van der Waals surface area contributed by atoms with Crippen LogP contribution >= 0.6 is 0 Å². The number of hydrogen-bond acceptors (Lipinski definition) is 8. The van der Waals surface area contributed by atoms with Gasteiger partial charge in [0.2, 0.25) is 11.7 Å². The molecule has 1 amide bonds. The lowest BCUT2D eigenvalue weighted by atomic mass is 9.31. The minimum absolute atomic E-state index is 0.00841. The number of nitrogens with zero attached hydrogens (tertiary/aromatic N) is 2. The third-order valence-electron chi connectivity index (χ3n) is 12.2. The highest BCUT2D eigenvalue weighted by molar-refractivity contribution is 6.34. The first kappa shape index (κ1) is 36.5. The van der Waals surface area contributed by atoms with Crippen LogP contribution in [0.25, 0.3) is 5.57 Å². The molecule has 3 atom stereocenters. The molecular formula is C42H45F2N5O4. The molecule has 2 heterocycles. The Morgan fingerprint density at radius 3 is 2.58 bits per heavy atom. The fourth-order valence-corrected chi connectivity index (χ4v) is 8.94. The van der Waals surface area contributed by atoms with Crippen LogP contribution in [0.1, 0.15) is 79.4 Å². The average Bonchev–Trinajstić information content (AvgIpc) is 3.47. The molecule has 3 saturated carbocycles. The van der Waals surface area contributed by atoms with Crippen molar-refractivity contribution in [3.63, 3.8) is 0 Å². The number of carbonyl (C=O) groups excluding carboxylic acids is 2. The Morgan fingerprint density at radius 2 is 1.91 bits per heavy atom. The Kier molecular flexibility index (Phi) is 9.53. The third kappa shape index (κ3) is 6.13. The summed E-state index contributed by atoms with van der Waals surface area (Å²) in [6, 6.07) is 7.89. The van der Waals surface area contributed by atoms with Gasteiger partial charge in [0, 0.05) is 64.5 Å². The number of nitrogens with one attached hydrogen (secondary N) is 3. The second-order valence-electron chi connectivity index (χ2n) is 15.1. The Morgan fingerprint density at radius 1 is 1.13 bits per heavy atom. The largest absolute Gasteiger partial charge is 0.494 e. The van der Waals surface area contributed by atoms with Gasteiger partial charge in [0.1, 0.15) is 0 Å². The van der Waals surface area contributed by atoms with E-state index in [-0.39, 0.29) is 59.1 Å². The third-order valence-corrected chi connectivity index (χ3v) is 12.2. The molecule has 9 nitrogen and oxygen atoms in total. The minimum atomic E-state index is -1.06. The van der Waals surface area contributed by atoms with E-state index in [9.17, 15) is 24.5 Å². The number of ether oxygens (including phenoxy) is 1. The van der Waals surface area contributed by atoms with E-state index < -0.39 is 23.2 Å². The number of benzene rings is 2. The van der Waals surface area contributed by atoms with Gasteiger partial charge in [-0.3, -0.25) is 24.9 Å². The summed E-state index contributed by atoms with van der Waals surface area (Å²) in [5, 5.41) is 31.5. The normalized spacial score (nSPS) is 30.0. The molecule has 2 aliphatic heterocycles. The molecule has 2 aromatic rings. The first-order valence-corrected chi connectivity index (χ1v) is 18.2. The van der Waals surface area contributed by atoms with Gasteiger partial charge < -0.3 is 20.6 Å². The Bertz CT molecular complexity index is 2090. The van der Waals surface area contributed by atoms with Crippen molar-refractivity contribution >= 4 is 34.4 Å². The number of amides is 1. The number of Topliss-reactive ketones (excluding diaryl/α,β-unsaturated/α-hetero) is 1. The van der Waals surface area contributed by atoms with Crippen molar-refractivity contribution in [2.45, 2.75) is 76.5 Å². The summed E-state index contributed by atoms with van der Waals surface area (Å²) in [5.74, 6) is -2.41. The summed E-state index contributed by atoms with van der Waals surface area (Å²) in [7, 11) is 3.12. The quantitative estimate of drug-likeness (QED) is 0.154. The number of halogens is 2. The van der Waals surface area contributed by atoms with Crippen LogP contribution in [-0.4, -0.2) is 77.2 Å². The van der Waals surface area contributed by atoms with Crippen molar-refractivity contribution < 1.29 is 28.2 Å². The number of aliphatic imine (C=N–C) groups is 1. The predicted molar refractivity (Wildman–Crippen MR) is 201 cm³/mol. The van der Waals surface area contributed by atoms with Gasteiger partial charge in [-0.05, 0) is 80.0 Å². The van der Waals surface area contributed by atoms with Crippen molar-refractivity contribution in [1.82, 2.24) is 10.2 Å². The molecule has 4 aliphatic carbocycles. The van der Waals surface area contributed by atoms with E-state index >= 15 is 4.39 Å². The maximum Gasteiger partial charge on any atom is 0.237 e. The van der Waals surface area contributed by atoms with Gasteiger partial charge in [-0.2, -0.15) is 4.39 Å². The van der Waals surface area contributed by atoms with Crippen molar-refractivity contribution in [1.29, 1.82) is 10.8 Å². The molecule has 11 heteroatoms. The number of aliphatic hydroxyl groups is 1. The number of likely N-dealkylation sites (N-methyl/N-ethyl adjacent to an activating group) is 1. The first-order chi connectivity index (χ1) is 25.3. The van der Waals surface area contributed by atoms with Gasteiger partial charge in [0.15, 0.2) is 17.3 Å². The van der Waals surface area contributed by atoms with Crippen LogP contribution in [0, 0.1) is 33.8 Å². The minimum Gasteiger partial charge on any atom is -0.494 e. The van der Waals surface area contributed by atoms with Gasteiger partial charge in [-0.1, -0.05) is 50.3 Å². The number of methoxy groups -OCH3 is 1. The SMILES string of the molecule is CCc1cc(C(=N)/C2=C\C/C=C\C=C3\CC(c4ccc(OC)c(F)c4F)=CN=C32)ccc1C(=O)CC(=N)C12CC(NC(=O)[C@@H]3C[C@@H](O)CN3C)(C1)[C@@H]2C. The van der Waals surface area contributed by atoms with E-state index in [1.54, 1.807) is 12.1 Å². The van der Waals surface area contributed by atoms with Gasteiger partial charge in [0.25, 0.3) is 0 Å². The summed E-state index contributed by atoms with van der Waals surface area (Å²) in [6.07, 6.45) is 11.8. The molecule has 4 N–H and O–H groups in total. The van der Waals surface area contributed by atoms with Crippen LogP contribution in [-0.2, 0) is 11.2 Å². The number of allylic oxidation sites excluding steroid dienone is 7. The number of ketones is 1. The lowest BCUT2D eigenvalue weighted by Crippen LogP contribution is -2.83. The number of likely N-dealkylation sites (tertiary alicyclic amines) is 1. The fraction of sp³-hybridized carbons (Fsp3) is 0.405. The highest BCUT2D eigenvalue weighted by atomic mass is 19.2. The van der Waals surface area contributed by atoms with E-state index in [1.165, 1.54) is 25.4 Å². The average molecular weight is 722 g/mol. The topological polar surface area (TPSA) is 139 Å². The van der Waals surface area contributed by atoms with Crippen LogP contribution in [0.4, 0.5) is 8.78 Å². The number of β-amino-alcohol motifs (C(OH)–C–C–N with tert-alkyl or cyclic N) is 1. The molecule has 6 aliphatic rings. The highest BCUT2D eigenvalue weighted by Crippen LogP contribution is 2.72. The number of aryl methyl sites for hydroxylation is 1. The zero-order valence-electron chi connectivity index (χ0n) is 30.5. The molecule has 0 unspecified atom stereocenters. The molecule has 8 rings (SSSR count). The molecule has 2 aromatic carbocycles. The Balaban J connectivity index is 1.05. The van der Waals surface area contributed by atoms with E-state index in [1.807, 2.05) is 56.2 Å². The molecule has 0 aromatic heterocycles. The van der Waals surface area contributed by atoms with E-state index in [0.29, 0.717) is 72.3 Å². The molecule has 276 valence electrons. The molecule has 0 radical (unpaired) electrons. The number of hydrogen-bond donors (Lipinski definition) is 4. The first-order valence-electron chi connectivity index (χ1n) is 18.2. The lowest BCUT2D eigenvalue weighted by Gasteiger charge is -2.76. The van der Waals surface area contributed by atoms with Crippen molar-refractivity contribution in [2.75, 3.05) is 20.7 Å². The lowest BCUT2D eigenvalue weighted by molar-refractivity contribution is -0.181. The zero-order valence-corrected chi connectivity index (χ0v) is 30.5. The van der Waals surface area contributed by atoms with Crippen LogP contribution < -0.4 is 10.1 Å². The number of aliphatic hydroxyl groups excluding tert-OH is 1. The summed E-state index contributed by atoms with van der Waals surface area (Å²) < 4.78 is 34.5. The molecule has 1 saturated heterocycles. The summed E-state index contributed by atoms with van der Waals surface area (Å²) in [6.45, 7) is 4.48. The van der Waals surface area contributed by atoms with Crippen LogP contribution in [0.15, 0.2) is 77.0 Å². The predicted octanol–water partition coefficient (Wildman–Crippen LogP) is 6.54. The second kappa shape index (κ2) is 13.8. The van der Waals surface area contributed by atoms with Crippen molar-refractivity contribution in [3.05, 3.63) is 106 Å². The van der Waals surface area contributed by atoms with Crippen LogP contribution in [0.5, 0.6) is 5.75 Å². The standard InChI is InChI=1S/C42H45F2N5O4/c1-5-24-15-25(38(46)31-10-8-6-7-9-26-16-27(19-47-39(26)31)30-13-14-34(53-4)37(44)36(30)43)11-12-29(24)33(51)18-35(45)41-21-42(22-41,23(41)2)48-40(52)32-17-28(50)20-49(32)3/h6-7,9-15,19,23,28,32,45-46,50H,5,8,16-18,20-22H2,1-4H3,(H,48,52)/b7-6-,26-9-,31-10+,45-35?,46-38?/t23-,28-,32+,41?,42?/m1/s1. The van der Waals surface area contributed by atoms with Crippen LogP contribution in [0.3, 0.4) is 0 Å². The van der Waals surface area contributed by atoms with E-state index in [4.69, 9.17) is 10.1 Å². The second-order valence-corrected chi connectivity index (χ2v) is 15.1. The molecular weight excluding hydrogens is 676 g/mol. The summed E-state index contributed by atoms with van der Waals surface area (Å²) >= 11 is 0. The van der Waals surface area contributed by atoms with Crippen molar-refractivity contribution in [3.8, 4) is 5.75 Å². The maximum atomic E-state index is 15.0. The highest BCUT2D eigenvalue weighted by Gasteiger charge is 2.75. The van der Waals surface area contributed by atoms with Gasteiger partial charge >= 0.3 is 0 Å². The summed E-state index contributed by atoms with van der Waals surface area (Å²) in [5.41, 5.74) is 4.37. The van der Waals surface area contributed by atoms with E-state index in [2.05, 4.69) is 10.3 Å². The fourth-order valence-electron chi connectivity index (χ4n) is 8.94. The van der Waals surface area contributed by atoms with Gasteiger partial charge in [-0.15, -0.1) is 0 Å². The Hall–Kier alpha value is -4.87. The molecule has 53 heavy (non-hydrogen) atoms. The summed E-state index contributed by atoms with van der Waals surface area (Å²) in [4.78, 5) is 33.3. The van der Waals surface area contributed by atoms with Gasteiger partial charge in [0.05, 0.1) is 30.7 Å². The van der Waals surface area contributed by atoms with Crippen molar-refractivity contribution in [2.24, 2.45) is 16.3 Å². The van der Waals surface area contributed by atoms with Crippen LogP contribution in [0.2, 0.25) is 0 Å². The molecule has 0 spiro atoms. The zero-order chi connectivity index (χ0) is 37.8. The molecule has 4 fully saturated rings. The number of rotatable bonds is 11. The maximum absolute atomic E-state index is 15.0. The Labute approximate surface area is 308 Å². The van der Waals surface area contributed by atoms with Gasteiger partial charge in [-0.25, -0.2) is 4.39 Å². The monoisotopic (exact) mass is 721 g/mol. The smallest absolute Gasteiger partial charge is 0.237 e. The number of carbonyl (C=O) groups is 2. The van der Waals surface area contributed by atoms with E-state index in [0.717, 1.165) is 11.1 Å². The molecule has 2 bridgehead atoms.